The fourth-order valence-corrected chi connectivity index (χ4v) is 3.65. The summed E-state index contributed by atoms with van der Waals surface area (Å²) in [5.74, 6) is -1.71. The van der Waals surface area contributed by atoms with Gasteiger partial charge in [0, 0.05) is 18.5 Å². The van der Waals surface area contributed by atoms with Crippen LogP contribution in [-0.2, 0) is 20.8 Å². The highest BCUT2D eigenvalue weighted by atomic mass is 16.2. The topological polar surface area (TPSA) is 169 Å². The summed E-state index contributed by atoms with van der Waals surface area (Å²) >= 11 is 0. The van der Waals surface area contributed by atoms with Crippen molar-refractivity contribution in [3.8, 4) is 0 Å². The molecule has 2 aromatic carbocycles. The van der Waals surface area contributed by atoms with Gasteiger partial charge in [-0.05, 0) is 36.5 Å². The first-order chi connectivity index (χ1) is 17.7. The SMILES string of the molecule is CC(C)[C@H](NC(=O)[C@H](Cc1ccccc1)NC(=O)c1ccccc1)C(=O)N[C@H](C=O)CCCN=C(N)N. The lowest BCUT2D eigenvalue weighted by atomic mass is 10.00. The number of nitrogens with two attached hydrogens (primary N) is 2. The molecule has 0 aromatic heterocycles. The lowest BCUT2D eigenvalue weighted by molar-refractivity contribution is -0.132. The molecule has 3 amide bonds. The van der Waals surface area contributed by atoms with Crippen LogP contribution in [0.25, 0.3) is 0 Å². The van der Waals surface area contributed by atoms with Crippen molar-refractivity contribution in [2.45, 2.75) is 51.2 Å². The molecule has 10 nitrogen and oxygen atoms in total. The molecule has 0 heterocycles. The predicted octanol–water partition coefficient (Wildman–Crippen LogP) is 0.906. The number of aliphatic imine (C=N–C) groups is 1. The lowest BCUT2D eigenvalue weighted by Crippen LogP contribution is -2.57. The van der Waals surface area contributed by atoms with Gasteiger partial charge in [-0.1, -0.05) is 62.4 Å². The maximum absolute atomic E-state index is 13.3. The Kier molecular flexibility index (Phi) is 11.8. The number of guanidine groups is 1. The van der Waals surface area contributed by atoms with E-state index in [4.69, 9.17) is 11.5 Å². The Labute approximate surface area is 217 Å². The summed E-state index contributed by atoms with van der Waals surface area (Å²) in [4.78, 5) is 54.6. The van der Waals surface area contributed by atoms with Crippen molar-refractivity contribution in [3.63, 3.8) is 0 Å². The zero-order valence-electron chi connectivity index (χ0n) is 21.2. The molecule has 0 bridgehead atoms. The Morgan fingerprint density at radius 3 is 2.08 bits per heavy atom. The van der Waals surface area contributed by atoms with Gasteiger partial charge in [-0.25, -0.2) is 0 Å². The van der Waals surface area contributed by atoms with E-state index in [9.17, 15) is 19.2 Å². The van der Waals surface area contributed by atoms with Crippen molar-refractivity contribution in [1.29, 1.82) is 0 Å². The first-order valence-corrected chi connectivity index (χ1v) is 12.2. The molecule has 2 rings (SSSR count). The number of benzene rings is 2. The van der Waals surface area contributed by atoms with E-state index in [2.05, 4.69) is 20.9 Å². The Morgan fingerprint density at radius 1 is 0.892 bits per heavy atom. The molecular formula is C27H36N6O4. The zero-order valence-corrected chi connectivity index (χ0v) is 21.2. The average Bonchev–Trinajstić information content (AvgIpc) is 2.89. The van der Waals surface area contributed by atoms with Crippen molar-refractivity contribution >= 4 is 30.0 Å². The van der Waals surface area contributed by atoms with Crippen LogP contribution in [0.4, 0.5) is 0 Å². The summed E-state index contributed by atoms with van der Waals surface area (Å²) < 4.78 is 0. The van der Waals surface area contributed by atoms with E-state index in [1.165, 1.54) is 0 Å². The minimum atomic E-state index is -0.925. The van der Waals surface area contributed by atoms with Crippen molar-refractivity contribution in [2.24, 2.45) is 22.4 Å². The maximum Gasteiger partial charge on any atom is 0.251 e. The van der Waals surface area contributed by atoms with E-state index in [0.717, 1.165) is 5.56 Å². The van der Waals surface area contributed by atoms with Crippen molar-refractivity contribution < 1.29 is 19.2 Å². The molecule has 0 saturated carbocycles. The van der Waals surface area contributed by atoms with Crippen LogP contribution in [0.15, 0.2) is 65.7 Å². The van der Waals surface area contributed by atoms with Gasteiger partial charge in [-0.2, -0.15) is 0 Å². The van der Waals surface area contributed by atoms with Crippen LogP contribution in [0.2, 0.25) is 0 Å². The molecule has 0 aliphatic heterocycles. The third kappa shape index (κ3) is 10.1. The minimum absolute atomic E-state index is 0.0429. The third-order valence-electron chi connectivity index (χ3n) is 5.65. The fourth-order valence-electron chi connectivity index (χ4n) is 3.65. The molecule has 0 fully saturated rings. The number of nitrogens with one attached hydrogen (secondary N) is 3. The molecule has 0 radical (unpaired) electrons. The summed E-state index contributed by atoms with van der Waals surface area (Å²) in [6.07, 6.45) is 1.71. The minimum Gasteiger partial charge on any atom is -0.370 e. The second-order valence-electron chi connectivity index (χ2n) is 9.01. The lowest BCUT2D eigenvalue weighted by Gasteiger charge is -2.26. The third-order valence-corrected chi connectivity index (χ3v) is 5.65. The molecule has 7 N–H and O–H groups in total. The fraction of sp³-hybridized carbons (Fsp3) is 0.370. The average molecular weight is 509 g/mol. The molecule has 0 aliphatic rings. The van der Waals surface area contributed by atoms with Crippen molar-refractivity contribution in [2.75, 3.05) is 6.54 Å². The first-order valence-electron chi connectivity index (χ1n) is 12.2. The van der Waals surface area contributed by atoms with Crippen LogP contribution in [0.5, 0.6) is 0 Å². The largest absolute Gasteiger partial charge is 0.370 e. The van der Waals surface area contributed by atoms with E-state index < -0.39 is 35.8 Å². The molecule has 0 aliphatic carbocycles. The molecular weight excluding hydrogens is 472 g/mol. The highest BCUT2D eigenvalue weighted by Gasteiger charge is 2.30. The number of amides is 3. The highest BCUT2D eigenvalue weighted by Crippen LogP contribution is 2.09. The van der Waals surface area contributed by atoms with Crippen LogP contribution in [0, 0.1) is 5.92 Å². The number of nitrogens with zero attached hydrogens (tertiary/aromatic N) is 1. The van der Waals surface area contributed by atoms with E-state index in [-0.39, 0.29) is 18.3 Å². The summed E-state index contributed by atoms with van der Waals surface area (Å²) in [6.45, 7) is 3.90. The molecule has 3 atom stereocenters. The Morgan fingerprint density at radius 2 is 1.51 bits per heavy atom. The van der Waals surface area contributed by atoms with Gasteiger partial charge in [0.15, 0.2) is 5.96 Å². The quantitative estimate of drug-likeness (QED) is 0.110. The van der Waals surface area contributed by atoms with Gasteiger partial charge in [0.25, 0.3) is 5.91 Å². The number of rotatable bonds is 14. The van der Waals surface area contributed by atoms with E-state index >= 15 is 0 Å². The second kappa shape index (κ2) is 15.0. The highest BCUT2D eigenvalue weighted by molar-refractivity contribution is 5.98. The number of carbonyl (C=O) groups is 4. The molecule has 37 heavy (non-hydrogen) atoms. The van der Waals surface area contributed by atoms with Gasteiger partial charge >= 0.3 is 0 Å². The molecule has 198 valence electrons. The van der Waals surface area contributed by atoms with Crippen LogP contribution in [0.1, 0.15) is 42.6 Å². The van der Waals surface area contributed by atoms with Crippen LogP contribution in [0.3, 0.4) is 0 Å². The van der Waals surface area contributed by atoms with Gasteiger partial charge in [0.2, 0.25) is 11.8 Å². The van der Waals surface area contributed by atoms with Crippen molar-refractivity contribution in [1.82, 2.24) is 16.0 Å². The van der Waals surface area contributed by atoms with Gasteiger partial charge in [0.1, 0.15) is 18.4 Å². The number of carbonyl (C=O) groups excluding carboxylic acids is 4. The molecule has 0 spiro atoms. The van der Waals surface area contributed by atoms with Crippen molar-refractivity contribution in [3.05, 3.63) is 71.8 Å². The number of hydrogen-bond acceptors (Lipinski definition) is 5. The Hall–Kier alpha value is -4.21. The zero-order chi connectivity index (χ0) is 27.2. The standard InChI is InChI=1S/C27H36N6O4/c1-18(2)23(26(37)31-21(17-34)14-9-15-30-27(28)29)33-25(36)22(16-19-10-5-3-6-11-19)32-24(35)20-12-7-4-8-13-20/h3-8,10-13,17-18,21-23H,9,14-16H2,1-2H3,(H,31,37)(H,32,35)(H,33,36)(H4,28,29,30)/t21-,22-,23-/m0/s1. The van der Waals surface area contributed by atoms with E-state index in [1.807, 2.05) is 30.3 Å². The Bertz CT molecular complexity index is 1060. The maximum atomic E-state index is 13.3. The summed E-state index contributed by atoms with van der Waals surface area (Å²) in [5.41, 5.74) is 11.9. The summed E-state index contributed by atoms with van der Waals surface area (Å²) in [7, 11) is 0. The first kappa shape index (κ1) is 29.0. The van der Waals surface area contributed by atoms with E-state index in [1.54, 1.807) is 44.2 Å². The van der Waals surface area contributed by atoms with Crippen LogP contribution >= 0.6 is 0 Å². The number of hydrogen-bond donors (Lipinski definition) is 5. The second-order valence-corrected chi connectivity index (χ2v) is 9.01. The molecule has 2 aromatic rings. The Balaban J connectivity index is 2.12. The smallest absolute Gasteiger partial charge is 0.251 e. The van der Waals surface area contributed by atoms with Crippen LogP contribution in [-0.4, -0.2) is 54.6 Å². The van der Waals surface area contributed by atoms with Crippen LogP contribution < -0.4 is 27.4 Å². The summed E-state index contributed by atoms with van der Waals surface area (Å²) in [5, 5.41) is 8.23. The summed E-state index contributed by atoms with van der Waals surface area (Å²) in [6, 6.07) is 15.3. The monoisotopic (exact) mass is 508 g/mol. The van der Waals surface area contributed by atoms with Gasteiger partial charge in [0.05, 0.1) is 6.04 Å². The molecule has 10 heteroatoms. The molecule has 0 saturated heterocycles. The van der Waals surface area contributed by atoms with E-state index in [0.29, 0.717) is 31.2 Å². The van der Waals surface area contributed by atoms with Gasteiger partial charge in [-0.15, -0.1) is 0 Å². The number of aldehydes is 1. The van der Waals surface area contributed by atoms with Gasteiger partial charge in [-0.3, -0.25) is 19.4 Å². The predicted molar refractivity (Wildman–Crippen MR) is 143 cm³/mol. The molecule has 0 unspecified atom stereocenters. The normalized spacial score (nSPS) is 13.1. The van der Waals surface area contributed by atoms with Gasteiger partial charge < -0.3 is 32.2 Å².